The van der Waals surface area contributed by atoms with E-state index in [0.29, 0.717) is 12.2 Å². The number of rotatable bonds is 4. The normalized spacial score (nSPS) is 11.3. The average Bonchev–Trinajstić information content (AvgIpc) is 2.47. The number of nitrogens with zero attached hydrogens (tertiary/aromatic N) is 2. The first-order valence-electron chi connectivity index (χ1n) is 7.53. The molecule has 120 valence electrons. The average molecular weight is 326 g/mol. The van der Waals surface area contributed by atoms with Crippen LogP contribution in [0, 0.1) is 18.3 Å². The number of hydrogen-bond donors (Lipinski definition) is 0. The van der Waals surface area contributed by atoms with Crippen LogP contribution < -0.4 is 0 Å². The van der Waals surface area contributed by atoms with E-state index in [2.05, 4.69) is 56.1 Å². The molecule has 0 fully saturated rings. The number of aromatic nitrogens is 1. The second-order valence-electron chi connectivity index (χ2n) is 6.52. The smallest absolute Gasteiger partial charge is 0.119 e. The molecule has 1 heterocycles. The Labute approximate surface area is 142 Å². The highest BCUT2D eigenvalue weighted by atomic mass is 32.2. The Hall–Kier alpha value is -1.83. The zero-order valence-electron chi connectivity index (χ0n) is 14.3. The monoisotopic (exact) mass is 326 g/mol. The molecule has 0 atom stereocenters. The van der Waals surface area contributed by atoms with E-state index in [0.717, 1.165) is 21.2 Å². The van der Waals surface area contributed by atoms with Gasteiger partial charge in [-0.1, -0.05) is 44.7 Å². The maximum atomic E-state index is 9.49. The SMILES string of the molecule is COCc1cc(C)nc(Sc2ccc(C(C)(C)C)cc2)c1C#N. The molecule has 1 aromatic carbocycles. The van der Waals surface area contributed by atoms with Crippen molar-refractivity contribution in [2.75, 3.05) is 7.11 Å². The lowest BCUT2D eigenvalue weighted by atomic mass is 9.87. The molecular weight excluding hydrogens is 304 g/mol. The fraction of sp³-hybridized carbons (Fsp3) is 0.368. The Balaban J connectivity index is 2.35. The number of benzene rings is 1. The number of ether oxygens (including phenoxy) is 1. The Morgan fingerprint density at radius 3 is 2.39 bits per heavy atom. The zero-order chi connectivity index (χ0) is 17.0. The van der Waals surface area contributed by atoms with Gasteiger partial charge in [-0.2, -0.15) is 5.26 Å². The largest absolute Gasteiger partial charge is 0.380 e. The minimum absolute atomic E-state index is 0.133. The first-order valence-corrected chi connectivity index (χ1v) is 8.34. The van der Waals surface area contributed by atoms with E-state index in [-0.39, 0.29) is 5.41 Å². The summed E-state index contributed by atoms with van der Waals surface area (Å²) in [6.45, 7) is 8.95. The fourth-order valence-corrected chi connectivity index (χ4v) is 3.27. The van der Waals surface area contributed by atoms with E-state index in [1.165, 1.54) is 17.3 Å². The summed E-state index contributed by atoms with van der Waals surface area (Å²) in [4.78, 5) is 5.62. The minimum atomic E-state index is 0.133. The first kappa shape index (κ1) is 17.5. The van der Waals surface area contributed by atoms with Gasteiger partial charge in [-0.05, 0) is 36.1 Å². The van der Waals surface area contributed by atoms with Gasteiger partial charge in [0.2, 0.25) is 0 Å². The van der Waals surface area contributed by atoms with Crippen molar-refractivity contribution >= 4 is 11.8 Å². The van der Waals surface area contributed by atoms with E-state index in [4.69, 9.17) is 4.74 Å². The molecule has 0 saturated carbocycles. The van der Waals surface area contributed by atoms with Gasteiger partial charge in [-0.3, -0.25) is 0 Å². The lowest BCUT2D eigenvalue weighted by Crippen LogP contribution is -2.10. The van der Waals surface area contributed by atoms with Crippen molar-refractivity contribution in [2.24, 2.45) is 0 Å². The summed E-state index contributed by atoms with van der Waals surface area (Å²) in [6.07, 6.45) is 0. The van der Waals surface area contributed by atoms with E-state index in [1.807, 2.05) is 13.0 Å². The fourth-order valence-electron chi connectivity index (χ4n) is 2.31. The van der Waals surface area contributed by atoms with Gasteiger partial charge in [0.05, 0.1) is 12.2 Å². The van der Waals surface area contributed by atoms with Crippen LogP contribution in [-0.4, -0.2) is 12.1 Å². The van der Waals surface area contributed by atoms with Crippen LogP contribution in [0.15, 0.2) is 40.3 Å². The number of pyridine rings is 1. The van der Waals surface area contributed by atoms with Gasteiger partial charge in [-0.25, -0.2) is 4.98 Å². The van der Waals surface area contributed by atoms with E-state index in [9.17, 15) is 5.26 Å². The third-order valence-electron chi connectivity index (χ3n) is 3.54. The van der Waals surface area contributed by atoms with Crippen LogP contribution in [0.4, 0.5) is 0 Å². The molecule has 0 radical (unpaired) electrons. The molecule has 0 aliphatic rings. The van der Waals surface area contributed by atoms with Gasteiger partial charge in [-0.15, -0.1) is 0 Å². The highest BCUT2D eigenvalue weighted by molar-refractivity contribution is 7.99. The van der Waals surface area contributed by atoms with Gasteiger partial charge < -0.3 is 4.74 Å². The molecule has 0 aliphatic carbocycles. The molecule has 2 rings (SSSR count). The number of hydrogen-bond acceptors (Lipinski definition) is 4. The Morgan fingerprint density at radius 1 is 1.22 bits per heavy atom. The van der Waals surface area contributed by atoms with E-state index >= 15 is 0 Å². The first-order chi connectivity index (χ1) is 10.8. The molecule has 2 aromatic rings. The van der Waals surface area contributed by atoms with E-state index in [1.54, 1.807) is 7.11 Å². The molecule has 0 aliphatic heterocycles. The topological polar surface area (TPSA) is 45.9 Å². The summed E-state index contributed by atoms with van der Waals surface area (Å²) in [5.41, 5.74) is 3.80. The summed E-state index contributed by atoms with van der Waals surface area (Å²) in [5, 5.41) is 10.2. The number of nitriles is 1. The van der Waals surface area contributed by atoms with Crippen LogP contribution in [0.5, 0.6) is 0 Å². The summed E-state index contributed by atoms with van der Waals surface area (Å²) in [6, 6.07) is 12.6. The van der Waals surface area contributed by atoms with Crippen molar-refractivity contribution in [1.82, 2.24) is 4.98 Å². The van der Waals surface area contributed by atoms with Crippen LogP contribution in [0.2, 0.25) is 0 Å². The number of methoxy groups -OCH3 is 1. The molecule has 0 bridgehead atoms. The van der Waals surface area contributed by atoms with Gasteiger partial charge in [0, 0.05) is 23.3 Å². The van der Waals surface area contributed by atoms with Crippen LogP contribution >= 0.6 is 11.8 Å². The van der Waals surface area contributed by atoms with Crippen molar-refractivity contribution in [3.05, 3.63) is 52.7 Å². The third-order valence-corrected chi connectivity index (χ3v) is 4.54. The molecule has 0 unspecified atom stereocenters. The second kappa shape index (κ2) is 7.16. The van der Waals surface area contributed by atoms with Gasteiger partial charge in [0.1, 0.15) is 11.1 Å². The molecule has 1 aromatic heterocycles. The maximum Gasteiger partial charge on any atom is 0.119 e. The van der Waals surface area contributed by atoms with Crippen molar-refractivity contribution in [1.29, 1.82) is 5.26 Å². The predicted molar refractivity (Wildman–Crippen MR) is 93.7 cm³/mol. The summed E-state index contributed by atoms with van der Waals surface area (Å²) >= 11 is 1.52. The molecule has 0 amide bonds. The Kier molecular flexibility index (Phi) is 5.46. The zero-order valence-corrected chi connectivity index (χ0v) is 15.1. The molecule has 23 heavy (non-hydrogen) atoms. The van der Waals surface area contributed by atoms with Crippen molar-refractivity contribution < 1.29 is 4.74 Å². The molecule has 0 N–H and O–H groups in total. The van der Waals surface area contributed by atoms with Crippen LogP contribution in [-0.2, 0) is 16.8 Å². The van der Waals surface area contributed by atoms with Crippen molar-refractivity contribution in [3.8, 4) is 6.07 Å². The predicted octanol–water partition coefficient (Wildman–Crippen LogP) is 4.86. The summed E-state index contributed by atoms with van der Waals surface area (Å²) in [5.74, 6) is 0. The van der Waals surface area contributed by atoms with E-state index < -0.39 is 0 Å². The molecular formula is C19H22N2OS. The lowest BCUT2D eigenvalue weighted by molar-refractivity contribution is 0.184. The molecule has 3 nitrogen and oxygen atoms in total. The van der Waals surface area contributed by atoms with Gasteiger partial charge in [0.15, 0.2) is 0 Å². The number of aryl methyl sites for hydroxylation is 1. The Bertz CT molecular complexity index is 725. The summed E-state index contributed by atoms with van der Waals surface area (Å²) in [7, 11) is 1.63. The molecule has 0 saturated heterocycles. The quantitative estimate of drug-likeness (QED) is 0.805. The van der Waals surface area contributed by atoms with Crippen molar-refractivity contribution in [3.63, 3.8) is 0 Å². The van der Waals surface area contributed by atoms with Gasteiger partial charge in [0.25, 0.3) is 0 Å². The second-order valence-corrected chi connectivity index (χ2v) is 7.59. The van der Waals surface area contributed by atoms with Crippen LogP contribution in [0.3, 0.4) is 0 Å². The minimum Gasteiger partial charge on any atom is -0.380 e. The highest BCUT2D eigenvalue weighted by Gasteiger charge is 2.15. The van der Waals surface area contributed by atoms with Crippen molar-refractivity contribution in [2.45, 2.75) is 49.6 Å². The van der Waals surface area contributed by atoms with Crippen LogP contribution in [0.1, 0.15) is 43.2 Å². The lowest BCUT2D eigenvalue weighted by Gasteiger charge is -2.19. The maximum absolute atomic E-state index is 9.49. The van der Waals surface area contributed by atoms with Gasteiger partial charge >= 0.3 is 0 Å². The highest BCUT2D eigenvalue weighted by Crippen LogP contribution is 2.32. The third kappa shape index (κ3) is 4.34. The Morgan fingerprint density at radius 2 is 1.87 bits per heavy atom. The van der Waals surface area contributed by atoms with Crippen LogP contribution in [0.25, 0.3) is 0 Å². The summed E-state index contributed by atoms with van der Waals surface area (Å²) < 4.78 is 5.20. The molecule has 0 spiro atoms. The standard InChI is InChI=1S/C19H22N2OS/c1-13-10-14(12-22-5)17(11-20)18(21-13)23-16-8-6-15(7-9-16)19(2,3)4/h6-10H,12H2,1-5H3. The molecule has 4 heteroatoms.